The Bertz CT molecular complexity index is 485. The van der Waals surface area contributed by atoms with Gasteiger partial charge in [0.2, 0.25) is 0 Å². The molecule has 0 aliphatic carbocycles. The second kappa shape index (κ2) is 8.30. The molecule has 0 spiro atoms. The van der Waals surface area contributed by atoms with E-state index in [1.165, 1.54) is 6.92 Å². The van der Waals surface area contributed by atoms with Crippen molar-refractivity contribution in [3.05, 3.63) is 40.6 Å². The summed E-state index contributed by atoms with van der Waals surface area (Å²) in [7, 11) is 0. The van der Waals surface area contributed by atoms with Gasteiger partial charge in [-0.15, -0.1) is 0 Å². The molecule has 4 nitrogen and oxygen atoms in total. The van der Waals surface area contributed by atoms with E-state index in [2.05, 4.69) is 74.4 Å². The van der Waals surface area contributed by atoms with Crippen LogP contribution < -0.4 is 0 Å². The molecule has 1 aromatic rings. The molecule has 18 heavy (non-hydrogen) atoms. The molecule has 0 atom stereocenters. The monoisotopic (exact) mass is 586 g/mol. The first kappa shape index (κ1) is 18.1. The third-order valence-electron chi connectivity index (χ3n) is 1.63. The van der Waals surface area contributed by atoms with Gasteiger partial charge in [-0.2, -0.15) is 0 Å². The maximum atomic E-state index is 10.7. The summed E-state index contributed by atoms with van der Waals surface area (Å²) in [4.78, 5) is 20.3. The summed E-state index contributed by atoms with van der Waals surface area (Å²) in [5.41, 5.74) is 0.551. The minimum atomic E-state index is -0.935. The van der Waals surface area contributed by atoms with Crippen LogP contribution in [-0.4, -0.2) is 22.2 Å². The van der Waals surface area contributed by atoms with E-state index in [1.54, 1.807) is 6.07 Å². The highest BCUT2D eigenvalue weighted by Gasteiger charge is 2.12. The summed E-state index contributed by atoms with van der Waals surface area (Å²) in [5.74, 6) is -1.80. The van der Waals surface area contributed by atoms with E-state index in [-0.39, 0.29) is 5.57 Å². The second-order valence-corrected chi connectivity index (χ2v) is 6.43. The fourth-order valence-electron chi connectivity index (χ4n) is 0.691. The van der Waals surface area contributed by atoms with Crippen molar-refractivity contribution in [3.8, 4) is 0 Å². The van der Waals surface area contributed by atoms with Crippen LogP contribution in [0.1, 0.15) is 17.3 Å². The molecule has 1 aromatic carbocycles. The lowest BCUT2D eigenvalue weighted by molar-refractivity contribution is -0.132. The van der Waals surface area contributed by atoms with Crippen molar-refractivity contribution in [2.45, 2.75) is 6.92 Å². The lowest BCUT2D eigenvalue weighted by Gasteiger charge is -2.02. The van der Waals surface area contributed by atoms with Crippen LogP contribution in [0.5, 0.6) is 0 Å². The van der Waals surface area contributed by atoms with E-state index in [9.17, 15) is 9.59 Å². The maximum Gasteiger partial charge on any atom is 0.336 e. The molecule has 0 bridgehead atoms. The number of hydrogen-bond donors (Lipinski definition) is 2. The average Bonchev–Trinajstić information content (AvgIpc) is 2.26. The van der Waals surface area contributed by atoms with Crippen LogP contribution in [-0.2, 0) is 4.79 Å². The third kappa shape index (κ3) is 5.82. The molecule has 2 N–H and O–H groups in total. The van der Waals surface area contributed by atoms with Gasteiger partial charge < -0.3 is 10.2 Å². The summed E-state index contributed by atoms with van der Waals surface area (Å²) in [6.07, 6.45) is 0. The Labute approximate surface area is 145 Å². The third-order valence-corrected chi connectivity index (χ3v) is 6.83. The van der Waals surface area contributed by atoms with Gasteiger partial charge in [-0.25, -0.2) is 9.59 Å². The zero-order chi connectivity index (χ0) is 14.5. The van der Waals surface area contributed by atoms with Gasteiger partial charge in [-0.05, 0) is 86.8 Å². The van der Waals surface area contributed by atoms with Gasteiger partial charge in [-0.1, -0.05) is 6.58 Å². The molecule has 0 saturated carbocycles. The molecule has 98 valence electrons. The molecule has 0 unspecified atom stereocenters. The Morgan fingerprint density at radius 3 is 1.89 bits per heavy atom. The highest BCUT2D eigenvalue weighted by atomic mass is 127. The Morgan fingerprint density at radius 1 is 1.11 bits per heavy atom. The van der Waals surface area contributed by atoms with Crippen LogP contribution in [0.4, 0.5) is 0 Å². The Balaban J connectivity index is 0.000000411. The summed E-state index contributed by atoms with van der Waals surface area (Å²) >= 11 is 6.39. The lowest BCUT2D eigenvalue weighted by Crippen LogP contribution is -2.02. The fraction of sp³-hybridized carbons (Fsp3) is 0.0909. The summed E-state index contributed by atoms with van der Waals surface area (Å²) in [5, 5.41) is 16.7. The van der Waals surface area contributed by atoms with Crippen molar-refractivity contribution < 1.29 is 19.8 Å². The normalized spacial score (nSPS) is 9.11. The van der Waals surface area contributed by atoms with Crippen molar-refractivity contribution in [1.82, 2.24) is 0 Å². The maximum absolute atomic E-state index is 10.7. The van der Waals surface area contributed by atoms with E-state index < -0.39 is 11.9 Å². The van der Waals surface area contributed by atoms with Crippen LogP contribution in [0.25, 0.3) is 0 Å². The molecule has 0 radical (unpaired) electrons. The van der Waals surface area contributed by atoms with E-state index in [4.69, 9.17) is 10.2 Å². The van der Waals surface area contributed by atoms with Gasteiger partial charge >= 0.3 is 11.9 Å². The molecular formula is C11H9I3O4. The lowest BCUT2D eigenvalue weighted by atomic mass is 10.2. The number of carboxylic acids is 2. The van der Waals surface area contributed by atoms with Crippen LogP contribution in [0.15, 0.2) is 24.3 Å². The first-order chi connectivity index (χ1) is 8.18. The number of halogens is 3. The molecule has 0 aromatic heterocycles. The highest BCUT2D eigenvalue weighted by molar-refractivity contribution is 14.1. The van der Waals surface area contributed by atoms with Crippen molar-refractivity contribution in [1.29, 1.82) is 0 Å². The number of benzene rings is 1. The largest absolute Gasteiger partial charge is 0.478 e. The number of carboxylic acid groups (broad SMARTS) is 2. The fourth-order valence-corrected chi connectivity index (χ4v) is 2.83. The van der Waals surface area contributed by atoms with E-state index in [0.29, 0.717) is 5.56 Å². The Morgan fingerprint density at radius 2 is 1.56 bits per heavy atom. The summed E-state index contributed by atoms with van der Waals surface area (Å²) < 4.78 is 2.91. The van der Waals surface area contributed by atoms with Crippen molar-refractivity contribution in [2.75, 3.05) is 0 Å². The summed E-state index contributed by atoms with van der Waals surface area (Å²) in [6.45, 7) is 4.60. The first-order valence-corrected chi connectivity index (χ1v) is 7.67. The molecule has 0 heterocycles. The van der Waals surface area contributed by atoms with Crippen LogP contribution in [0, 0.1) is 10.7 Å². The van der Waals surface area contributed by atoms with Crippen molar-refractivity contribution >= 4 is 79.7 Å². The number of aromatic carboxylic acids is 1. The zero-order valence-corrected chi connectivity index (χ0v) is 15.7. The molecule has 0 aliphatic rings. The zero-order valence-electron chi connectivity index (χ0n) is 9.21. The Kier molecular flexibility index (Phi) is 8.34. The molecule has 0 saturated heterocycles. The van der Waals surface area contributed by atoms with E-state index >= 15 is 0 Å². The molecular weight excluding hydrogens is 577 g/mol. The predicted molar refractivity (Wildman–Crippen MR) is 94.0 cm³/mol. The van der Waals surface area contributed by atoms with Gasteiger partial charge in [0.15, 0.2) is 0 Å². The van der Waals surface area contributed by atoms with Crippen LogP contribution in [0.3, 0.4) is 0 Å². The second-order valence-electron chi connectivity index (χ2n) is 3.11. The minimum absolute atomic E-state index is 0.176. The van der Waals surface area contributed by atoms with E-state index in [0.717, 1.165) is 10.7 Å². The SMILES string of the molecule is C=C(C)C(=O)O.O=C(O)c1ccc(I)c(I)c1I. The molecule has 1 rings (SSSR count). The number of aliphatic carboxylic acids is 1. The molecule has 0 fully saturated rings. The first-order valence-electron chi connectivity index (χ1n) is 4.44. The van der Waals surface area contributed by atoms with Gasteiger partial charge in [-0.3, -0.25) is 0 Å². The van der Waals surface area contributed by atoms with Crippen LogP contribution >= 0.6 is 67.8 Å². The van der Waals surface area contributed by atoms with Gasteiger partial charge in [0.25, 0.3) is 0 Å². The quantitative estimate of drug-likeness (QED) is 0.314. The Hall–Kier alpha value is 0.0900. The van der Waals surface area contributed by atoms with Gasteiger partial charge in [0.1, 0.15) is 0 Å². The topological polar surface area (TPSA) is 74.6 Å². The number of hydrogen-bond acceptors (Lipinski definition) is 2. The van der Waals surface area contributed by atoms with Crippen LogP contribution in [0.2, 0.25) is 0 Å². The predicted octanol–water partition coefficient (Wildman–Crippen LogP) is 3.85. The average molecular weight is 586 g/mol. The van der Waals surface area contributed by atoms with E-state index in [1.807, 2.05) is 6.07 Å². The smallest absolute Gasteiger partial charge is 0.336 e. The highest BCUT2D eigenvalue weighted by Crippen LogP contribution is 2.24. The molecule has 0 aliphatic heterocycles. The van der Waals surface area contributed by atoms with Gasteiger partial charge in [0, 0.05) is 16.3 Å². The standard InChI is InChI=1S/C7H3I3O2.C4H6O2/c8-4-2-1-3(7(11)12)5(9)6(4)10;1-3(2)4(5)6/h1-2H,(H,11,12);1H2,2H3,(H,5,6). The number of carbonyl (C=O) groups is 2. The van der Waals surface area contributed by atoms with Crippen molar-refractivity contribution in [2.24, 2.45) is 0 Å². The molecule has 7 heteroatoms. The number of rotatable bonds is 2. The van der Waals surface area contributed by atoms with Gasteiger partial charge in [0.05, 0.1) is 5.56 Å². The molecule has 0 amide bonds. The van der Waals surface area contributed by atoms with Crippen molar-refractivity contribution in [3.63, 3.8) is 0 Å². The summed E-state index contributed by atoms with van der Waals surface area (Å²) in [6, 6.07) is 3.45. The minimum Gasteiger partial charge on any atom is -0.478 e.